The summed E-state index contributed by atoms with van der Waals surface area (Å²) in [5.74, 6) is 1.84. The van der Waals surface area contributed by atoms with Crippen molar-refractivity contribution < 1.29 is 4.74 Å². The molecule has 3 rings (SSSR count). The molecule has 0 radical (unpaired) electrons. The third-order valence-corrected chi connectivity index (χ3v) is 4.58. The van der Waals surface area contributed by atoms with Crippen LogP contribution < -0.4 is 10.5 Å². The Labute approximate surface area is 110 Å². The van der Waals surface area contributed by atoms with Gasteiger partial charge in [0.1, 0.15) is 5.75 Å². The summed E-state index contributed by atoms with van der Waals surface area (Å²) in [6.45, 7) is 1.65. The van der Waals surface area contributed by atoms with Crippen LogP contribution in [-0.2, 0) is 5.41 Å². The molecule has 0 unspecified atom stereocenters. The Morgan fingerprint density at radius 2 is 2.00 bits per heavy atom. The number of nitrogens with two attached hydrogens (primary N) is 1. The molecule has 0 spiro atoms. The van der Waals surface area contributed by atoms with Crippen molar-refractivity contribution in [1.82, 2.24) is 0 Å². The smallest absolute Gasteiger partial charge is 0.119 e. The van der Waals surface area contributed by atoms with E-state index in [1.54, 1.807) is 0 Å². The van der Waals surface area contributed by atoms with E-state index in [0.717, 1.165) is 24.8 Å². The number of hydrogen-bond donors (Lipinski definition) is 1. The fourth-order valence-corrected chi connectivity index (χ4v) is 3.08. The average molecular weight is 245 g/mol. The van der Waals surface area contributed by atoms with E-state index in [0.29, 0.717) is 0 Å². The Kier molecular flexibility index (Phi) is 3.29. The van der Waals surface area contributed by atoms with Gasteiger partial charge in [0, 0.05) is 12.0 Å². The third kappa shape index (κ3) is 2.39. The van der Waals surface area contributed by atoms with Gasteiger partial charge in [-0.25, -0.2) is 0 Å². The lowest BCUT2D eigenvalue weighted by atomic mass is 9.79. The lowest BCUT2D eigenvalue weighted by molar-refractivity contribution is 0.298. The Hall–Kier alpha value is -1.02. The molecular formula is C16H23NO. The van der Waals surface area contributed by atoms with E-state index in [4.69, 9.17) is 10.5 Å². The predicted octanol–water partition coefficient (Wildman–Crippen LogP) is 3.25. The highest BCUT2D eigenvalue weighted by Crippen LogP contribution is 2.41. The number of benzene rings is 1. The van der Waals surface area contributed by atoms with Crippen molar-refractivity contribution in [2.75, 3.05) is 13.2 Å². The minimum absolute atomic E-state index is 0.221. The van der Waals surface area contributed by atoms with Crippen molar-refractivity contribution in [2.24, 2.45) is 11.7 Å². The van der Waals surface area contributed by atoms with Gasteiger partial charge in [0.25, 0.3) is 0 Å². The molecule has 2 saturated carbocycles. The maximum atomic E-state index is 6.04. The zero-order valence-corrected chi connectivity index (χ0v) is 11.0. The normalized spacial score (nSPS) is 22.1. The molecule has 2 N–H and O–H groups in total. The summed E-state index contributed by atoms with van der Waals surface area (Å²) in [4.78, 5) is 0. The zero-order valence-electron chi connectivity index (χ0n) is 11.0. The SMILES string of the molecule is NCC1(c2cccc(OCC3CC3)c2)CCCC1. The second-order valence-electron chi connectivity index (χ2n) is 5.97. The quantitative estimate of drug-likeness (QED) is 0.864. The first-order chi connectivity index (χ1) is 8.82. The number of hydrogen-bond acceptors (Lipinski definition) is 2. The van der Waals surface area contributed by atoms with Crippen molar-refractivity contribution in [1.29, 1.82) is 0 Å². The van der Waals surface area contributed by atoms with E-state index < -0.39 is 0 Å². The summed E-state index contributed by atoms with van der Waals surface area (Å²) in [5.41, 5.74) is 7.65. The van der Waals surface area contributed by atoms with E-state index in [9.17, 15) is 0 Å². The Morgan fingerprint density at radius 1 is 1.22 bits per heavy atom. The van der Waals surface area contributed by atoms with Crippen LogP contribution >= 0.6 is 0 Å². The van der Waals surface area contributed by atoms with Crippen LogP contribution in [0.3, 0.4) is 0 Å². The van der Waals surface area contributed by atoms with Gasteiger partial charge < -0.3 is 10.5 Å². The van der Waals surface area contributed by atoms with Crippen LogP contribution in [0.15, 0.2) is 24.3 Å². The summed E-state index contributed by atoms with van der Waals surface area (Å²) in [6, 6.07) is 8.64. The Bertz CT molecular complexity index is 405. The van der Waals surface area contributed by atoms with Crippen LogP contribution in [0.2, 0.25) is 0 Å². The summed E-state index contributed by atoms with van der Waals surface area (Å²) < 4.78 is 5.88. The summed E-state index contributed by atoms with van der Waals surface area (Å²) in [6.07, 6.45) is 7.76. The molecule has 0 saturated heterocycles. The minimum Gasteiger partial charge on any atom is -0.493 e. The summed E-state index contributed by atoms with van der Waals surface area (Å²) >= 11 is 0. The fraction of sp³-hybridized carbons (Fsp3) is 0.625. The zero-order chi connectivity index (χ0) is 12.4. The molecule has 98 valence electrons. The molecule has 0 bridgehead atoms. The van der Waals surface area contributed by atoms with Gasteiger partial charge in [-0.1, -0.05) is 25.0 Å². The molecule has 2 fully saturated rings. The van der Waals surface area contributed by atoms with Gasteiger partial charge in [0.05, 0.1) is 6.61 Å². The highest BCUT2D eigenvalue weighted by atomic mass is 16.5. The van der Waals surface area contributed by atoms with E-state index in [2.05, 4.69) is 24.3 Å². The Morgan fingerprint density at radius 3 is 2.67 bits per heavy atom. The molecule has 1 aromatic carbocycles. The third-order valence-electron chi connectivity index (χ3n) is 4.58. The molecule has 2 aliphatic carbocycles. The highest BCUT2D eigenvalue weighted by Gasteiger charge is 2.34. The van der Waals surface area contributed by atoms with Crippen LogP contribution in [-0.4, -0.2) is 13.2 Å². The van der Waals surface area contributed by atoms with Gasteiger partial charge in [0.2, 0.25) is 0 Å². The van der Waals surface area contributed by atoms with E-state index >= 15 is 0 Å². The Balaban J connectivity index is 1.76. The molecule has 0 aliphatic heterocycles. The van der Waals surface area contributed by atoms with Gasteiger partial charge in [0.15, 0.2) is 0 Å². The molecule has 2 aliphatic rings. The fourth-order valence-electron chi connectivity index (χ4n) is 3.08. The predicted molar refractivity (Wildman–Crippen MR) is 73.9 cm³/mol. The van der Waals surface area contributed by atoms with Crippen molar-refractivity contribution >= 4 is 0 Å². The molecule has 0 atom stereocenters. The first-order valence-corrected chi connectivity index (χ1v) is 7.26. The maximum absolute atomic E-state index is 6.04. The second kappa shape index (κ2) is 4.93. The lowest BCUT2D eigenvalue weighted by Crippen LogP contribution is -2.31. The van der Waals surface area contributed by atoms with Crippen molar-refractivity contribution in [3.8, 4) is 5.75 Å². The molecular weight excluding hydrogens is 222 g/mol. The first kappa shape index (κ1) is 12.0. The van der Waals surface area contributed by atoms with Crippen LogP contribution in [0.25, 0.3) is 0 Å². The van der Waals surface area contributed by atoms with Crippen molar-refractivity contribution in [2.45, 2.75) is 43.9 Å². The standard InChI is InChI=1S/C16H23NO/c17-12-16(8-1-2-9-16)14-4-3-5-15(10-14)18-11-13-6-7-13/h3-5,10,13H,1-2,6-9,11-12,17H2. The van der Waals surface area contributed by atoms with E-state index in [1.807, 2.05) is 0 Å². The van der Waals surface area contributed by atoms with E-state index in [1.165, 1.54) is 44.1 Å². The lowest BCUT2D eigenvalue weighted by Gasteiger charge is -2.28. The monoisotopic (exact) mass is 245 g/mol. The highest BCUT2D eigenvalue weighted by molar-refractivity contribution is 5.35. The molecule has 1 aromatic rings. The van der Waals surface area contributed by atoms with Crippen LogP contribution in [0.5, 0.6) is 5.75 Å². The van der Waals surface area contributed by atoms with Gasteiger partial charge in [-0.15, -0.1) is 0 Å². The summed E-state index contributed by atoms with van der Waals surface area (Å²) in [5, 5.41) is 0. The molecule has 0 amide bonds. The number of ether oxygens (including phenoxy) is 1. The first-order valence-electron chi connectivity index (χ1n) is 7.26. The van der Waals surface area contributed by atoms with Crippen LogP contribution in [0, 0.1) is 5.92 Å². The molecule has 2 nitrogen and oxygen atoms in total. The average Bonchev–Trinajstić information content (AvgIpc) is 3.12. The van der Waals surface area contributed by atoms with E-state index in [-0.39, 0.29) is 5.41 Å². The largest absolute Gasteiger partial charge is 0.493 e. The molecule has 2 heteroatoms. The number of rotatable bonds is 5. The van der Waals surface area contributed by atoms with Gasteiger partial charge >= 0.3 is 0 Å². The van der Waals surface area contributed by atoms with Crippen LogP contribution in [0.1, 0.15) is 44.1 Å². The molecule has 0 heterocycles. The molecule has 0 aromatic heterocycles. The van der Waals surface area contributed by atoms with Gasteiger partial charge in [-0.3, -0.25) is 0 Å². The van der Waals surface area contributed by atoms with Crippen molar-refractivity contribution in [3.05, 3.63) is 29.8 Å². The van der Waals surface area contributed by atoms with Crippen LogP contribution in [0.4, 0.5) is 0 Å². The van der Waals surface area contributed by atoms with Crippen molar-refractivity contribution in [3.63, 3.8) is 0 Å². The maximum Gasteiger partial charge on any atom is 0.119 e. The minimum atomic E-state index is 0.221. The van der Waals surface area contributed by atoms with Gasteiger partial charge in [-0.2, -0.15) is 0 Å². The second-order valence-corrected chi connectivity index (χ2v) is 5.97. The van der Waals surface area contributed by atoms with Gasteiger partial charge in [-0.05, 0) is 49.3 Å². The molecule has 18 heavy (non-hydrogen) atoms. The topological polar surface area (TPSA) is 35.2 Å². The summed E-state index contributed by atoms with van der Waals surface area (Å²) in [7, 11) is 0.